The second kappa shape index (κ2) is 11.8. The lowest BCUT2D eigenvalue weighted by atomic mass is 9.68. The van der Waals surface area contributed by atoms with Gasteiger partial charge in [-0.15, -0.1) is 0 Å². The molecule has 1 aliphatic rings. The zero-order valence-electron chi connectivity index (χ0n) is 19.6. The van der Waals surface area contributed by atoms with Gasteiger partial charge < -0.3 is 9.64 Å². The SMILES string of the molecule is COC(=O)C(CCCN1CCN(Cc2c(F)cccc2Cl)CC1)(c1ccc(Br)cc1)C(C)C. The van der Waals surface area contributed by atoms with Crippen molar-refractivity contribution in [3.63, 3.8) is 0 Å². The molecule has 0 N–H and O–H groups in total. The fraction of sp³-hybridized carbons (Fsp3) is 0.500. The molecule has 0 amide bonds. The number of nitrogens with zero attached hydrogens (tertiary/aromatic N) is 2. The van der Waals surface area contributed by atoms with Crippen LogP contribution in [-0.4, -0.2) is 55.6 Å². The van der Waals surface area contributed by atoms with Crippen molar-refractivity contribution in [2.24, 2.45) is 5.92 Å². The van der Waals surface area contributed by atoms with E-state index < -0.39 is 5.41 Å². The van der Waals surface area contributed by atoms with Crippen molar-refractivity contribution in [2.45, 2.75) is 38.6 Å². The topological polar surface area (TPSA) is 32.8 Å². The fourth-order valence-corrected chi connectivity index (χ4v) is 5.30. The highest BCUT2D eigenvalue weighted by Gasteiger charge is 2.44. The van der Waals surface area contributed by atoms with E-state index >= 15 is 0 Å². The molecule has 7 heteroatoms. The maximum absolute atomic E-state index is 14.1. The van der Waals surface area contributed by atoms with Gasteiger partial charge in [0.05, 0.1) is 12.5 Å². The molecule has 1 heterocycles. The van der Waals surface area contributed by atoms with Crippen molar-refractivity contribution >= 4 is 33.5 Å². The lowest BCUT2D eigenvalue weighted by molar-refractivity contribution is -0.150. The van der Waals surface area contributed by atoms with E-state index in [0.29, 0.717) is 17.1 Å². The quantitative estimate of drug-likeness (QED) is 0.371. The van der Waals surface area contributed by atoms with Gasteiger partial charge in [-0.05, 0) is 55.1 Å². The average Bonchev–Trinajstić information content (AvgIpc) is 2.80. The normalized spacial score (nSPS) is 17.2. The fourth-order valence-electron chi connectivity index (χ4n) is 4.81. The Labute approximate surface area is 210 Å². The van der Waals surface area contributed by atoms with Gasteiger partial charge in [0.1, 0.15) is 5.82 Å². The largest absolute Gasteiger partial charge is 0.468 e. The first-order valence-corrected chi connectivity index (χ1v) is 12.7. The molecule has 33 heavy (non-hydrogen) atoms. The van der Waals surface area contributed by atoms with Gasteiger partial charge in [-0.3, -0.25) is 9.69 Å². The van der Waals surface area contributed by atoms with E-state index in [1.165, 1.54) is 13.2 Å². The summed E-state index contributed by atoms with van der Waals surface area (Å²) in [7, 11) is 1.47. The molecule has 0 aromatic heterocycles. The first kappa shape index (κ1) is 26.1. The van der Waals surface area contributed by atoms with E-state index in [2.05, 4.69) is 39.6 Å². The molecule has 1 fully saturated rings. The second-order valence-electron chi connectivity index (χ2n) is 9.05. The Bertz CT molecular complexity index is 912. The van der Waals surface area contributed by atoms with Gasteiger partial charge in [0.25, 0.3) is 0 Å². The van der Waals surface area contributed by atoms with Gasteiger partial charge in [0, 0.05) is 47.8 Å². The molecule has 0 spiro atoms. The molecule has 0 bridgehead atoms. The van der Waals surface area contributed by atoms with Crippen LogP contribution in [0.2, 0.25) is 5.02 Å². The van der Waals surface area contributed by atoms with E-state index in [1.54, 1.807) is 12.1 Å². The van der Waals surface area contributed by atoms with Crippen molar-refractivity contribution in [1.29, 1.82) is 0 Å². The predicted octanol–water partition coefficient (Wildman–Crippen LogP) is 5.91. The molecule has 3 rings (SSSR count). The first-order chi connectivity index (χ1) is 15.8. The van der Waals surface area contributed by atoms with E-state index in [-0.39, 0.29) is 17.7 Å². The Morgan fingerprint density at radius 3 is 2.33 bits per heavy atom. The van der Waals surface area contributed by atoms with Gasteiger partial charge in [-0.25, -0.2) is 4.39 Å². The zero-order chi connectivity index (χ0) is 24.0. The minimum Gasteiger partial charge on any atom is -0.468 e. The highest BCUT2D eigenvalue weighted by molar-refractivity contribution is 9.10. The van der Waals surface area contributed by atoms with Crippen molar-refractivity contribution in [1.82, 2.24) is 9.80 Å². The summed E-state index contributed by atoms with van der Waals surface area (Å²) in [6.45, 7) is 9.18. The second-order valence-corrected chi connectivity index (χ2v) is 10.4. The van der Waals surface area contributed by atoms with Gasteiger partial charge in [-0.2, -0.15) is 0 Å². The van der Waals surface area contributed by atoms with E-state index in [0.717, 1.165) is 55.6 Å². The summed E-state index contributed by atoms with van der Waals surface area (Å²) in [5.41, 5.74) is 0.903. The van der Waals surface area contributed by atoms with E-state index in [4.69, 9.17) is 16.3 Å². The maximum Gasteiger partial charge on any atom is 0.316 e. The van der Waals surface area contributed by atoms with Crippen LogP contribution in [0.25, 0.3) is 0 Å². The molecule has 4 nitrogen and oxygen atoms in total. The summed E-state index contributed by atoms with van der Waals surface area (Å²) in [6, 6.07) is 12.8. The Morgan fingerprint density at radius 1 is 1.12 bits per heavy atom. The summed E-state index contributed by atoms with van der Waals surface area (Å²) in [6.07, 6.45) is 1.62. The molecule has 1 unspecified atom stereocenters. The number of rotatable bonds is 9. The molecule has 1 aliphatic heterocycles. The molecule has 0 radical (unpaired) electrons. The smallest absolute Gasteiger partial charge is 0.316 e. The zero-order valence-corrected chi connectivity index (χ0v) is 22.0. The summed E-state index contributed by atoms with van der Waals surface area (Å²) in [5.74, 6) is -0.314. The van der Waals surface area contributed by atoms with Gasteiger partial charge >= 0.3 is 5.97 Å². The monoisotopic (exact) mass is 538 g/mol. The van der Waals surface area contributed by atoms with E-state index in [9.17, 15) is 9.18 Å². The van der Waals surface area contributed by atoms with Crippen LogP contribution in [0.5, 0.6) is 0 Å². The number of carbonyl (C=O) groups excluding carboxylic acids is 1. The Hall–Kier alpha value is -1.47. The minimum atomic E-state index is -0.668. The number of carbonyl (C=O) groups is 1. The van der Waals surface area contributed by atoms with Gasteiger partial charge in [0.15, 0.2) is 0 Å². The molecule has 0 saturated carbocycles. The lowest BCUT2D eigenvalue weighted by Gasteiger charge is -2.38. The van der Waals surface area contributed by atoms with Crippen LogP contribution in [0.15, 0.2) is 46.9 Å². The molecule has 1 saturated heterocycles. The number of hydrogen-bond acceptors (Lipinski definition) is 4. The first-order valence-electron chi connectivity index (χ1n) is 11.5. The standard InChI is InChI=1S/C26H33BrClFN2O2/c1-19(2)26(25(32)33-3,20-8-10-21(27)11-9-20)12-5-13-30-14-16-31(17-15-30)18-22-23(28)6-4-7-24(22)29/h4,6-11,19H,5,12-18H2,1-3H3. The van der Waals surface area contributed by atoms with Crippen molar-refractivity contribution < 1.29 is 13.9 Å². The number of esters is 1. The summed E-state index contributed by atoms with van der Waals surface area (Å²) >= 11 is 9.68. The van der Waals surface area contributed by atoms with Crippen LogP contribution >= 0.6 is 27.5 Å². The molecule has 180 valence electrons. The third kappa shape index (κ3) is 6.16. The highest BCUT2D eigenvalue weighted by Crippen LogP contribution is 2.39. The number of benzene rings is 2. The predicted molar refractivity (Wildman–Crippen MR) is 135 cm³/mol. The summed E-state index contributed by atoms with van der Waals surface area (Å²) in [4.78, 5) is 17.7. The van der Waals surface area contributed by atoms with E-state index in [1.807, 2.05) is 24.3 Å². The summed E-state index contributed by atoms with van der Waals surface area (Å²) in [5, 5.41) is 0.484. The third-order valence-electron chi connectivity index (χ3n) is 6.85. The number of ether oxygens (including phenoxy) is 1. The Kier molecular flexibility index (Phi) is 9.34. The molecular formula is C26H33BrClFN2O2. The van der Waals surface area contributed by atoms with Crippen LogP contribution in [-0.2, 0) is 21.5 Å². The van der Waals surface area contributed by atoms with Crippen molar-refractivity contribution in [2.75, 3.05) is 39.8 Å². The van der Waals surface area contributed by atoms with Crippen LogP contribution in [0.4, 0.5) is 4.39 Å². The number of piperazine rings is 1. The van der Waals surface area contributed by atoms with Crippen LogP contribution in [0, 0.1) is 11.7 Å². The Morgan fingerprint density at radius 2 is 1.76 bits per heavy atom. The molecular weight excluding hydrogens is 507 g/mol. The molecule has 2 aromatic carbocycles. The van der Waals surface area contributed by atoms with Crippen molar-refractivity contribution in [3.8, 4) is 0 Å². The maximum atomic E-state index is 14.1. The van der Waals surface area contributed by atoms with Crippen LogP contribution < -0.4 is 0 Å². The van der Waals surface area contributed by atoms with Crippen LogP contribution in [0.1, 0.15) is 37.8 Å². The Balaban J connectivity index is 1.59. The van der Waals surface area contributed by atoms with Gasteiger partial charge in [0.2, 0.25) is 0 Å². The number of hydrogen-bond donors (Lipinski definition) is 0. The molecule has 2 aromatic rings. The average molecular weight is 540 g/mol. The third-order valence-corrected chi connectivity index (χ3v) is 7.73. The number of halogens is 3. The lowest BCUT2D eigenvalue weighted by Crippen LogP contribution is -2.47. The van der Waals surface area contributed by atoms with Crippen molar-refractivity contribution in [3.05, 3.63) is 68.9 Å². The highest BCUT2D eigenvalue weighted by atomic mass is 79.9. The molecule has 1 atom stereocenters. The molecule has 0 aliphatic carbocycles. The minimum absolute atomic E-state index is 0.105. The number of methoxy groups -OCH3 is 1. The van der Waals surface area contributed by atoms with Gasteiger partial charge in [-0.1, -0.05) is 59.6 Å². The van der Waals surface area contributed by atoms with Crippen LogP contribution in [0.3, 0.4) is 0 Å². The summed E-state index contributed by atoms with van der Waals surface area (Å²) < 4.78 is 20.4.